The standard InChI is InChI=1S/C15H26N4O2/c1-10(2)14-17-13(21-18-14)5-7-16-15(20)19-8-6-11(3)9-12(19)4/h10-12H,5-9H2,1-4H3,(H,16,20)/t11-,12-/m0/s1. The molecule has 2 amide bonds. The van der Waals surface area contributed by atoms with Gasteiger partial charge in [-0.2, -0.15) is 4.98 Å². The number of carbonyl (C=O) groups excluding carboxylic acids is 1. The third-order valence-corrected chi connectivity index (χ3v) is 4.01. The minimum atomic E-state index is 0.0120. The van der Waals surface area contributed by atoms with Gasteiger partial charge in [0.05, 0.1) is 0 Å². The number of hydrogen-bond acceptors (Lipinski definition) is 4. The Morgan fingerprint density at radius 2 is 2.24 bits per heavy atom. The van der Waals surface area contributed by atoms with Crippen LogP contribution >= 0.6 is 0 Å². The van der Waals surface area contributed by atoms with Crippen molar-refractivity contribution >= 4 is 6.03 Å². The van der Waals surface area contributed by atoms with Crippen molar-refractivity contribution in [3.63, 3.8) is 0 Å². The molecule has 6 heteroatoms. The van der Waals surface area contributed by atoms with Crippen LogP contribution in [0.5, 0.6) is 0 Å². The number of carbonyl (C=O) groups is 1. The molecule has 1 aromatic heterocycles. The van der Waals surface area contributed by atoms with Crippen LogP contribution in [0.15, 0.2) is 4.52 Å². The molecule has 1 fully saturated rings. The highest BCUT2D eigenvalue weighted by atomic mass is 16.5. The Morgan fingerprint density at radius 1 is 1.48 bits per heavy atom. The second-order valence-electron chi connectivity index (χ2n) is 6.35. The highest BCUT2D eigenvalue weighted by Crippen LogP contribution is 2.21. The van der Waals surface area contributed by atoms with Crippen molar-refractivity contribution in [3.8, 4) is 0 Å². The zero-order valence-electron chi connectivity index (χ0n) is 13.4. The van der Waals surface area contributed by atoms with Gasteiger partial charge in [0.1, 0.15) is 0 Å². The van der Waals surface area contributed by atoms with Gasteiger partial charge in [0.2, 0.25) is 5.89 Å². The molecular weight excluding hydrogens is 268 g/mol. The van der Waals surface area contributed by atoms with Crippen LogP contribution in [0.3, 0.4) is 0 Å². The minimum Gasteiger partial charge on any atom is -0.339 e. The number of aromatic nitrogens is 2. The van der Waals surface area contributed by atoms with Gasteiger partial charge in [-0.1, -0.05) is 25.9 Å². The zero-order chi connectivity index (χ0) is 15.4. The molecule has 118 valence electrons. The Morgan fingerprint density at radius 3 is 2.86 bits per heavy atom. The van der Waals surface area contributed by atoms with Gasteiger partial charge in [0.15, 0.2) is 5.82 Å². The van der Waals surface area contributed by atoms with Gasteiger partial charge in [-0.05, 0) is 25.7 Å². The van der Waals surface area contributed by atoms with Crippen molar-refractivity contribution in [2.45, 2.75) is 58.9 Å². The topological polar surface area (TPSA) is 71.3 Å². The van der Waals surface area contributed by atoms with Crippen molar-refractivity contribution in [2.24, 2.45) is 5.92 Å². The van der Waals surface area contributed by atoms with Gasteiger partial charge >= 0.3 is 6.03 Å². The second-order valence-corrected chi connectivity index (χ2v) is 6.35. The van der Waals surface area contributed by atoms with Crippen LogP contribution in [0.1, 0.15) is 58.2 Å². The van der Waals surface area contributed by atoms with Crippen molar-refractivity contribution in [1.82, 2.24) is 20.4 Å². The third kappa shape index (κ3) is 4.19. The van der Waals surface area contributed by atoms with Gasteiger partial charge in [0, 0.05) is 31.5 Å². The lowest BCUT2D eigenvalue weighted by Crippen LogP contribution is -2.49. The quantitative estimate of drug-likeness (QED) is 0.926. The normalized spacial score (nSPS) is 22.6. The Labute approximate surface area is 126 Å². The van der Waals surface area contributed by atoms with Crippen LogP contribution in [-0.4, -0.2) is 40.2 Å². The fourth-order valence-electron chi connectivity index (χ4n) is 2.69. The summed E-state index contributed by atoms with van der Waals surface area (Å²) in [4.78, 5) is 18.4. The summed E-state index contributed by atoms with van der Waals surface area (Å²) in [5, 5.41) is 6.86. The number of nitrogens with zero attached hydrogens (tertiary/aromatic N) is 3. The molecule has 1 N–H and O–H groups in total. The van der Waals surface area contributed by atoms with Crippen molar-refractivity contribution in [3.05, 3.63) is 11.7 Å². The summed E-state index contributed by atoms with van der Waals surface area (Å²) in [7, 11) is 0. The van der Waals surface area contributed by atoms with Gasteiger partial charge in [-0.25, -0.2) is 4.79 Å². The SMILES string of the molecule is CC(C)c1noc(CCNC(=O)N2CC[C@H](C)C[C@@H]2C)n1. The molecule has 0 aromatic carbocycles. The Balaban J connectivity index is 1.76. The number of urea groups is 1. The Bertz CT molecular complexity index is 472. The molecule has 1 saturated heterocycles. The van der Waals surface area contributed by atoms with Crippen LogP contribution < -0.4 is 5.32 Å². The average molecular weight is 294 g/mol. The molecule has 2 atom stereocenters. The maximum Gasteiger partial charge on any atom is 0.317 e. The molecule has 1 aliphatic heterocycles. The van der Waals surface area contributed by atoms with Crippen molar-refractivity contribution < 1.29 is 9.32 Å². The number of hydrogen-bond donors (Lipinski definition) is 1. The number of piperidine rings is 1. The van der Waals surface area contributed by atoms with E-state index in [0.29, 0.717) is 30.8 Å². The number of rotatable bonds is 4. The summed E-state index contributed by atoms with van der Waals surface area (Å²) in [5.41, 5.74) is 0. The van der Waals surface area contributed by atoms with Gasteiger partial charge in [0.25, 0.3) is 0 Å². The van der Waals surface area contributed by atoms with E-state index in [9.17, 15) is 4.79 Å². The van der Waals surface area contributed by atoms with E-state index in [2.05, 4.69) is 29.3 Å². The lowest BCUT2D eigenvalue weighted by Gasteiger charge is -2.36. The highest BCUT2D eigenvalue weighted by Gasteiger charge is 2.26. The molecule has 2 rings (SSSR count). The van der Waals surface area contributed by atoms with E-state index in [-0.39, 0.29) is 11.9 Å². The van der Waals surface area contributed by atoms with Crippen LogP contribution in [0.2, 0.25) is 0 Å². The molecular formula is C15H26N4O2. The first-order chi connectivity index (χ1) is 9.97. The summed E-state index contributed by atoms with van der Waals surface area (Å²) in [6, 6.07) is 0.322. The third-order valence-electron chi connectivity index (χ3n) is 4.01. The zero-order valence-corrected chi connectivity index (χ0v) is 13.4. The fourth-order valence-corrected chi connectivity index (χ4v) is 2.69. The summed E-state index contributed by atoms with van der Waals surface area (Å²) in [5.74, 6) is 2.26. The minimum absolute atomic E-state index is 0.0120. The molecule has 6 nitrogen and oxygen atoms in total. The monoisotopic (exact) mass is 294 g/mol. The molecule has 0 aliphatic carbocycles. The highest BCUT2D eigenvalue weighted by molar-refractivity contribution is 5.74. The predicted molar refractivity (Wildman–Crippen MR) is 80.1 cm³/mol. The van der Waals surface area contributed by atoms with E-state index in [1.165, 1.54) is 0 Å². The lowest BCUT2D eigenvalue weighted by atomic mass is 9.94. The fraction of sp³-hybridized carbons (Fsp3) is 0.800. The van der Waals surface area contributed by atoms with Crippen LogP contribution in [-0.2, 0) is 6.42 Å². The first-order valence-corrected chi connectivity index (χ1v) is 7.84. The predicted octanol–water partition coefficient (Wildman–Crippen LogP) is 2.57. The van der Waals surface area contributed by atoms with E-state index in [1.54, 1.807) is 0 Å². The molecule has 0 bridgehead atoms. The number of amides is 2. The summed E-state index contributed by atoms with van der Waals surface area (Å²) in [6.45, 7) is 9.77. The number of likely N-dealkylation sites (tertiary alicyclic amines) is 1. The average Bonchev–Trinajstić information content (AvgIpc) is 2.87. The smallest absolute Gasteiger partial charge is 0.317 e. The van der Waals surface area contributed by atoms with Crippen molar-refractivity contribution in [2.75, 3.05) is 13.1 Å². The molecule has 2 heterocycles. The van der Waals surface area contributed by atoms with E-state index in [4.69, 9.17) is 4.52 Å². The summed E-state index contributed by atoms with van der Waals surface area (Å²) in [6.07, 6.45) is 2.73. The molecule has 1 aliphatic rings. The first kappa shape index (κ1) is 15.8. The lowest BCUT2D eigenvalue weighted by molar-refractivity contribution is 0.139. The molecule has 0 spiro atoms. The van der Waals surface area contributed by atoms with Crippen LogP contribution in [0.25, 0.3) is 0 Å². The molecule has 1 aromatic rings. The Kier molecular flexibility index (Phi) is 5.20. The van der Waals surface area contributed by atoms with E-state index in [1.807, 2.05) is 18.7 Å². The Hall–Kier alpha value is -1.59. The van der Waals surface area contributed by atoms with Gasteiger partial charge < -0.3 is 14.7 Å². The van der Waals surface area contributed by atoms with Crippen LogP contribution in [0.4, 0.5) is 4.79 Å². The van der Waals surface area contributed by atoms with E-state index in [0.717, 1.165) is 25.2 Å². The molecule has 21 heavy (non-hydrogen) atoms. The van der Waals surface area contributed by atoms with E-state index >= 15 is 0 Å². The summed E-state index contributed by atoms with van der Waals surface area (Å²) < 4.78 is 5.16. The van der Waals surface area contributed by atoms with Gasteiger partial charge in [-0.3, -0.25) is 0 Å². The maximum atomic E-state index is 12.2. The largest absolute Gasteiger partial charge is 0.339 e. The van der Waals surface area contributed by atoms with Crippen LogP contribution in [0, 0.1) is 5.92 Å². The maximum absolute atomic E-state index is 12.2. The van der Waals surface area contributed by atoms with Crippen molar-refractivity contribution in [1.29, 1.82) is 0 Å². The molecule has 0 unspecified atom stereocenters. The second kappa shape index (κ2) is 6.91. The van der Waals surface area contributed by atoms with E-state index < -0.39 is 0 Å². The molecule has 0 saturated carbocycles. The molecule has 0 radical (unpaired) electrons. The van der Waals surface area contributed by atoms with Gasteiger partial charge in [-0.15, -0.1) is 0 Å². The summed E-state index contributed by atoms with van der Waals surface area (Å²) >= 11 is 0. The number of nitrogens with one attached hydrogen (secondary N) is 1. The first-order valence-electron chi connectivity index (χ1n) is 7.84.